The predicted octanol–water partition coefficient (Wildman–Crippen LogP) is 0.938. The minimum atomic E-state index is -0.177. The van der Waals surface area contributed by atoms with Crippen LogP contribution in [0.1, 0.15) is 18.5 Å². The van der Waals surface area contributed by atoms with Gasteiger partial charge in [-0.1, -0.05) is 18.2 Å². The van der Waals surface area contributed by atoms with Crippen LogP contribution in [0, 0.1) is 11.7 Å². The van der Waals surface area contributed by atoms with Gasteiger partial charge in [-0.2, -0.15) is 0 Å². The Labute approximate surface area is 88.8 Å². The Kier molecular flexibility index (Phi) is 3.00. The fourth-order valence-electron chi connectivity index (χ4n) is 2.10. The highest BCUT2D eigenvalue weighted by molar-refractivity contribution is 5.23. The van der Waals surface area contributed by atoms with E-state index in [-0.39, 0.29) is 23.8 Å². The molecule has 3 nitrogen and oxygen atoms in total. The zero-order valence-electron chi connectivity index (χ0n) is 8.70. The number of hydrogen-bond donors (Lipinski definition) is 3. The van der Waals surface area contributed by atoms with E-state index in [0.717, 1.165) is 0 Å². The van der Waals surface area contributed by atoms with Crippen LogP contribution >= 0.6 is 0 Å². The predicted molar refractivity (Wildman–Crippen MR) is 57.4 cm³/mol. The van der Waals surface area contributed by atoms with Crippen molar-refractivity contribution in [2.24, 2.45) is 11.7 Å². The summed E-state index contributed by atoms with van der Waals surface area (Å²) in [6, 6.07) is 7.05. The standard InChI is InChI=1S/C11H16FN3/c1-7-9(6-13)11(15-14-7)8-4-2-3-5-10(8)12/h2-5,7,9,11,14-15H,6,13H2,1H3. The average Bonchev–Trinajstić information content (AvgIpc) is 2.60. The van der Waals surface area contributed by atoms with Crippen molar-refractivity contribution in [3.05, 3.63) is 35.6 Å². The van der Waals surface area contributed by atoms with Crippen molar-refractivity contribution < 1.29 is 4.39 Å². The molecular weight excluding hydrogens is 193 g/mol. The molecule has 82 valence electrons. The van der Waals surface area contributed by atoms with Gasteiger partial charge >= 0.3 is 0 Å². The molecule has 15 heavy (non-hydrogen) atoms. The van der Waals surface area contributed by atoms with Gasteiger partial charge in [0, 0.05) is 17.5 Å². The number of hydrogen-bond acceptors (Lipinski definition) is 3. The SMILES string of the molecule is CC1NNC(c2ccccc2F)C1CN. The van der Waals surface area contributed by atoms with E-state index < -0.39 is 0 Å². The summed E-state index contributed by atoms with van der Waals surface area (Å²) in [7, 11) is 0. The first-order chi connectivity index (χ1) is 7.24. The van der Waals surface area contributed by atoms with Gasteiger partial charge in [0.1, 0.15) is 5.82 Å². The second-order valence-electron chi connectivity index (χ2n) is 3.98. The van der Waals surface area contributed by atoms with Crippen LogP contribution in [0.3, 0.4) is 0 Å². The van der Waals surface area contributed by atoms with Crippen LogP contribution in [0.4, 0.5) is 4.39 Å². The molecule has 0 aromatic heterocycles. The third-order valence-corrected chi connectivity index (χ3v) is 3.05. The lowest BCUT2D eigenvalue weighted by Gasteiger charge is -2.19. The van der Waals surface area contributed by atoms with Gasteiger partial charge in [-0.25, -0.2) is 9.82 Å². The van der Waals surface area contributed by atoms with Crippen molar-refractivity contribution in [2.75, 3.05) is 6.54 Å². The maximum absolute atomic E-state index is 13.6. The number of halogens is 1. The first kappa shape index (κ1) is 10.5. The topological polar surface area (TPSA) is 50.1 Å². The molecule has 4 N–H and O–H groups in total. The Hall–Kier alpha value is -0.970. The lowest BCUT2D eigenvalue weighted by atomic mass is 9.90. The molecule has 4 heteroatoms. The molecule has 2 rings (SSSR count). The highest BCUT2D eigenvalue weighted by Gasteiger charge is 2.34. The molecule has 1 heterocycles. The summed E-state index contributed by atoms with van der Waals surface area (Å²) in [4.78, 5) is 0. The second-order valence-corrected chi connectivity index (χ2v) is 3.98. The third kappa shape index (κ3) is 1.88. The van der Waals surface area contributed by atoms with E-state index >= 15 is 0 Å². The normalized spacial score (nSPS) is 30.7. The van der Waals surface area contributed by atoms with Crippen LogP contribution in [0.2, 0.25) is 0 Å². The molecule has 0 amide bonds. The molecule has 0 spiro atoms. The molecule has 0 bridgehead atoms. The van der Waals surface area contributed by atoms with Crippen molar-refractivity contribution in [1.29, 1.82) is 0 Å². The maximum atomic E-state index is 13.6. The smallest absolute Gasteiger partial charge is 0.128 e. The first-order valence-electron chi connectivity index (χ1n) is 5.19. The van der Waals surface area contributed by atoms with Gasteiger partial charge in [-0.15, -0.1) is 0 Å². The summed E-state index contributed by atoms with van der Waals surface area (Å²) in [5.41, 5.74) is 12.6. The van der Waals surface area contributed by atoms with Gasteiger partial charge in [-0.05, 0) is 19.5 Å². The molecule has 1 aliphatic rings. The molecule has 3 unspecified atom stereocenters. The lowest BCUT2D eigenvalue weighted by molar-refractivity contribution is 0.431. The number of hydrazine groups is 1. The Bertz CT molecular complexity index is 342. The summed E-state index contributed by atoms with van der Waals surface area (Å²) in [6.45, 7) is 2.59. The molecule has 3 atom stereocenters. The summed E-state index contributed by atoms with van der Waals surface area (Å²) in [5, 5.41) is 0. The highest BCUT2D eigenvalue weighted by atomic mass is 19.1. The average molecular weight is 209 g/mol. The number of rotatable bonds is 2. The first-order valence-corrected chi connectivity index (χ1v) is 5.19. The third-order valence-electron chi connectivity index (χ3n) is 3.05. The molecule has 1 saturated heterocycles. The summed E-state index contributed by atoms with van der Waals surface area (Å²) < 4.78 is 13.6. The van der Waals surface area contributed by atoms with Crippen LogP contribution in [0.5, 0.6) is 0 Å². The molecule has 0 aliphatic carbocycles. The van der Waals surface area contributed by atoms with Crippen LogP contribution < -0.4 is 16.6 Å². The van der Waals surface area contributed by atoms with Gasteiger partial charge in [0.05, 0.1) is 6.04 Å². The highest BCUT2D eigenvalue weighted by Crippen LogP contribution is 2.29. The Balaban J connectivity index is 2.28. The van der Waals surface area contributed by atoms with E-state index in [1.54, 1.807) is 12.1 Å². The van der Waals surface area contributed by atoms with Gasteiger partial charge in [0.15, 0.2) is 0 Å². The molecule has 1 aliphatic heterocycles. The van der Waals surface area contributed by atoms with Gasteiger partial charge < -0.3 is 5.73 Å². The fourth-order valence-corrected chi connectivity index (χ4v) is 2.10. The van der Waals surface area contributed by atoms with Crippen molar-refractivity contribution in [3.8, 4) is 0 Å². The van der Waals surface area contributed by atoms with Gasteiger partial charge in [0.25, 0.3) is 0 Å². The van der Waals surface area contributed by atoms with Crippen LogP contribution in [-0.2, 0) is 0 Å². The van der Waals surface area contributed by atoms with Crippen molar-refractivity contribution in [3.63, 3.8) is 0 Å². The minimum Gasteiger partial charge on any atom is -0.330 e. The summed E-state index contributed by atoms with van der Waals surface area (Å²) in [6.07, 6.45) is 0. The van der Waals surface area contributed by atoms with E-state index in [4.69, 9.17) is 5.73 Å². The zero-order valence-corrected chi connectivity index (χ0v) is 8.70. The Morgan fingerprint density at radius 1 is 1.33 bits per heavy atom. The van der Waals surface area contributed by atoms with Crippen molar-refractivity contribution in [2.45, 2.75) is 19.0 Å². The van der Waals surface area contributed by atoms with E-state index in [1.807, 2.05) is 13.0 Å². The quantitative estimate of drug-likeness (QED) is 0.679. The summed E-state index contributed by atoms with van der Waals surface area (Å²) in [5.74, 6) is 0.0475. The van der Waals surface area contributed by atoms with Crippen molar-refractivity contribution in [1.82, 2.24) is 10.9 Å². The van der Waals surface area contributed by atoms with Gasteiger partial charge in [-0.3, -0.25) is 5.43 Å². The van der Waals surface area contributed by atoms with E-state index in [9.17, 15) is 4.39 Å². The van der Waals surface area contributed by atoms with Crippen LogP contribution in [0.15, 0.2) is 24.3 Å². The molecule has 1 fully saturated rings. The summed E-state index contributed by atoms with van der Waals surface area (Å²) >= 11 is 0. The number of nitrogens with one attached hydrogen (secondary N) is 2. The lowest BCUT2D eigenvalue weighted by Crippen LogP contribution is -2.30. The van der Waals surface area contributed by atoms with E-state index in [1.165, 1.54) is 6.07 Å². The molecule has 1 aromatic rings. The van der Waals surface area contributed by atoms with E-state index in [2.05, 4.69) is 10.9 Å². The van der Waals surface area contributed by atoms with E-state index in [0.29, 0.717) is 12.1 Å². The Morgan fingerprint density at radius 3 is 2.73 bits per heavy atom. The fraction of sp³-hybridized carbons (Fsp3) is 0.455. The molecule has 1 aromatic carbocycles. The minimum absolute atomic E-state index is 0.0359. The molecular formula is C11H16FN3. The monoisotopic (exact) mass is 209 g/mol. The number of nitrogens with two attached hydrogens (primary N) is 1. The molecule has 0 radical (unpaired) electrons. The van der Waals surface area contributed by atoms with Crippen LogP contribution in [0.25, 0.3) is 0 Å². The maximum Gasteiger partial charge on any atom is 0.128 e. The molecule has 0 saturated carbocycles. The second kappa shape index (κ2) is 4.26. The largest absolute Gasteiger partial charge is 0.330 e. The van der Waals surface area contributed by atoms with Gasteiger partial charge in [0.2, 0.25) is 0 Å². The Morgan fingerprint density at radius 2 is 2.07 bits per heavy atom. The zero-order chi connectivity index (χ0) is 10.8. The van der Waals surface area contributed by atoms with Crippen LogP contribution in [-0.4, -0.2) is 12.6 Å². The van der Waals surface area contributed by atoms with Crippen molar-refractivity contribution >= 4 is 0 Å². The number of benzene rings is 1.